The highest BCUT2D eigenvalue weighted by atomic mass is 35.5. The van der Waals surface area contributed by atoms with Gasteiger partial charge in [0.25, 0.3) is 0 Å². The Morgan fingerprint density at radius 2 is 1.69 bits per heavy atom. The number of aromatic nitrogens is 2. The maximum atomic E-state index is 9.10. The molecule has 6 nitrogen and oxygen atoms in total. The summed E-state index contributed by atoms with van der Waals surface area (Å²) in [6.45, 7) is 4.51. The van der Waals surface area contributed by atoms with Crippen LogP contribution in [0.25, 0.3) is 0 Å². The molecule has 0 aliphatic rings. The molecule has 2 N–H and O–H groups in total. The van der Waals surface area contributed by atoms with E-state index < -0.39 is 11.9 Å². The second-order valence-corrected chi connectivity index (χ2v) is 8.65. The number of aliphatic carboxylic acids is 2. The lowest BCUT2D eigenvalue weighted by molar-refractivity contribution is -0.159. The van der Waals surface area contributed by atoms with Crippen molar-refractivity contribution in [2.24, 2.45) is 0 Å². The predicted octanol–water partition coefficient (Wildman–Crippen LogP) is 5.26. The van der Waals surface area contributed by atoms with Gasteiger partial charge in [-0.05, 0) is 31.4 Å². The Bertz CT molecular complexity index is 505. The van der Waals surface area contributed by atoms with Gasteiger partial charge in [-0.1, -0.05) is 44.9 Å². The maximum Gasteiger partial charge on any atom is 0.414 e. The first kappa shape index (κ1) is 25.5. The zero-order chi connectivity index (χ0) is 19.8. The number of hydrogen-bond donors (Lipinski definition) is 2. The molecule has 1 aromatic rings. The molecule has 0 amide bonds. The van der Waals surface area contributed by atoms with Crippen LogP contribution in [0.4, 0.5) is 0 Å². The Morgan fingerprint density at radius 3 is 2.23 bits per heavy atom. The zero-order valence-corrected chi connectivity index (χ0v) is 18.4. The fourth-order valence-electron chi connectivity index (χ4n) is 1.88. The van der Waals surface area contributed by atoms with Crippen LogP contribution in [0.2, 0.25) is 0 Å². The van der Waals surface area contributed by atoms with Crippen molar-refractivity contribution in [3.05, 3.63) is 0 Å². The molecule has 0 radical (unpaired) electrons. The second-order valence-electron chi connectivity index (χ2n) is 5.37. The first-order chi connectivity index (χ1) is 12.5. The Labute approximate surface area is 172 Å². The van der Waals surface area contributed by atoms with Crippen LogP contribution in [0.1, 0.15) is 58.8 Å². The lowest BCUT2D eigenvalue weighted by Crippen LogP contribution is -2.09. The number of nitrogens with zero attached hydrogens (tertiary/aromatic N) is 2. The van der Waals surface area contributed by atoms with E-state index in [1.54, 1.807) is 0 Å². The van der Waals surface area contributed by atoms with Crippen LogP contribution in [-0.4, -0.2) is 47.8 Å². The van der Waals surface area contributed by atoms with E-state index >= 15 is 0 Å². The lowest BCUT2D eigenvalue weighted by atomic mass is 10.2. The summed E-state index contributed by atoms with van der Waals surface area (Å²) in [5, 5.41) is 17.8. The van der Waals surface area contributed by atoms with Crippen LogP contribution in [0.15, 0.2) is 10.1 Å². The first-order valence-electron chi connectivity index (χ1n) is 8.60. The molecule has 1 heterocycles. The molecular formula is C16H27ClN2O4S3. The fourth-order valence-corrected chi connectivity index (χ4v) is 5.14. The highest BCUT2D eigenvalue weighted by molar-refractivity contribution is 8.02. The van der Waals surface area contributed by atoms with Gasteiger partial charge in [0.15, 0.2) is 0 Å². The van der Waals surface area contributed by atoms with Crippen molar-refractivity contribution in [3.8, 4) is 0 Å². The van der Waals surface area contributed by atoms with Crippen LogP contribution in [-0.2, 0) is 9.59 Å². The van der Waals surface area contributed by atoms with Gasteiger partial charge in [0.1, 0.15) is 10.1 Å². The number of carbonyl (C=O) groups is 2. The normalized spacial score (nSPS) is 11.5. The van der Waals surface area contributed by atoms with E-state index in [9.17, 15) is 0 Å². The third-order valence-electron chi connectivity index (χ3n) is 3.22. The number of rotatable bonds is 12. The van der Waals surface area contributed by atoms with E-state index in [4.69, 9.17) is 31.4 Å². The van der Waals surface area contributed by atoms with E-state index in [2.05, 4.69) is 22.6 Å². The van der Waals surface area contributed by atoms with E-state index in [1.807, 2.05) is 23.5 Å². The Balaban J connectivity index is 0.000000896. The van der Waals surface area contributed by atoms with Crippen molar-refractivity contribution < 1.29 is 19.8 Å². The summed E-state index contributed by atoms with van der Waals surface area (Å²) in [6, 6.07) is 0. The third kappa shape index (κ3) is 12.8. The quantitative estimate of drug-likeness (QED) is 0.196. The average molecular weight is 443 g/mol. The van der Waals surface area contributed by atoms with E-state index in [-0.39, 0.29) is 0 Å². The fraction of sp³-hybridized carbons (Fsp3) is 0.750. The molecule has 1 atom stereocenters. The molecule has 0 aromatic carbocycles. The molecule has 0 aliphatic heterocycles. The minimum absolute atomic E-state index is 0.687. The number of halogens is 1. The Kier molecular flexibility index (Phi) is 16.3. The molecule has 0 spiro atoms. The Morgan fingerprint density at radius 1 is 1.08 bits per heavy atom. The van der Waals surface area contributed by atoms with Gasteiger partial charge in [0.05, 0.1) is 11.7 Å². The van der Waals surface area contributed by atoms with Crippen molar-refractivity contribution in [3.63, 3.8) is 0 Å². The van der Waals surface area contributed by atoms with Gasteiger partial charge in [-0.25, -0.2) is 9.59 Å². The summed E-state index contributed by atoms with van der Waals surface area (Å²) in [7, 11) is 0. The van der Waals surface area contributed by atoms with E-state index in [0.717, 1.165) is 28.1 Å². The summed E-state index contributed by atoms with van der Waals surface area (Å²) in [4.78, 5) is 18.2. The summed E-state index contributed by atoms with van der Waals surface area (Å²) in [6.07, 6.45) is 8.62. The van der Waals surface area contributed by atoms with Gasteiger partial charge in [-0.2, -0.15) is 8.75 Å². The van der Waals surface area contributed by atoms with Crippen LogP contribution < -0.4 is 0 Å². The monoisotopic (exact) mass is 442 g/mol. The van der Waals surface area contributed by atoms with Gasteiger partial charge in [-0.15, -0.1) is 23.4 Å². The molecule has 1 aromatic heterocycles. The topological polar surface area (TPSA) is 100 Å². The van der Waals surface area contributed by atoms with Gasteiger partial charge in [-0.3, -0.25) is 0 Å². The van der Waals surface area contributed by atoms with Crippen LogP contribution in [0.3, 0.4) is 0 Å². The van der Waals surface area contributed by atoms with Crippen molar-refractivity contribution in [2.45, 2.75) is 74.1 Å². The summed E-state index contributed by atoms with van der Waals surface area (Å²) in [5.41, 5.74) is 0. The van der Waals surface area contributed by atoms with Gasteiger partial charge < -0.3 is 10.2 Å². The number of thioether (sulfide) groups is 2. The maximum absolute atomic E-state index is 9.10. The highest BCUT2D eigenvalue weighted by Gasteiger charge is 2.14. The average Bonchev–Trinajstić information content (AvgIpc) is 3.05. The molecule has 0 fully saturated rings. The molecule has 10 heteroatoms. The number of hydrogen-bond acceptors (Lipinski definition) is 7. The SMILES string of the molecule is CCCC(CC)Sc1nsnc1SCCCCCCCl.O=C(O)C(=O)O. The largest absolute Gasteiger partial charge is 0.473 e. The molecule has 0 aliphatic carbocycles. The van der Waals surface area contributed by atoms with E-state index in [1.165, 1.54) is 50.3 Å². The van der Waals surface area contributed by atoms with Crippen LogP contribution >= 0.6 is 46.9 Å². The standard InChI is InChI=1S/C14H25ClN2S3.C2H2O4/c1-3-9-12(4-2)19-14-13(16-20-17-14)18-11-8-6-5-7-10-15;3-1(4)2(5)6/h12H,3-11H2,1-2H3;(H,3,4)(H,5,6). The molecule has 1 rings (SSSR count). The van der Waals surface area contributed by atoms with Gasteiger partial charge in [0.2, 0.25) is 0 Å². The molecule has 0 saturated heterocycles. The molecule has 0 saturated carbocycles. The predicted molar refractivity (Wildman–Crippen MR) is 110 cm³/mol. The van der Waals surface area contributed by atoms with Crippen LogP contribution in [0, 0.1) is 0 Å². The second kappa shape index (κ2) is 16.6. The van der Waals surface area contributed by atoms with Crippen molar-refractivity contribution in [2.75, 3.05) is 11.6 Å². The minimum Gasteiger partial charge on any atom is -0.473 e. The summed E-state index contributed by atoms with van der Waals surface area (Å²) >= 11 is 10.8. The third-order valence-corrected chi connectivity index (χ3v) is 6.84. The minimum atomic E-state index is -1.82. The van der Waals surface area contributed by atoms with Gasteiger partial charge in [0, 0.05) is 11.1 Å². The van der Waals surface area contributed by atoms with E-state index in [0.29, 0.717) is 5.25 Å². The molecule has 1 unspecified atom stereocenters. The Hall–Kier alpha value is -0.510. The number of carboxylic acid groups (broad SMARTS) is 2. The highest BCUT2D eigenvalue weighted by Crippen LogP contribution is 2.34. The molecule has 26 heavy (non-hydrogen) atoms. The molecule has 0 bridgehead atoms. The van der Waals surface area contributed by atoms with Gasteiger partial charge >= 0.3 is 11.9 Å². The first-order valence-corrected chi connectivity index (χ1v) is 11.7. The number of alkyl halides is 1. The lowest BCUT2D eigenvalue weighted by Gasteiger charge is -2.11. The van der Waals surface area contributed by atoms with Crippen molar-refractivity contribution in [1.82, 2.24) is 8.75 Å². The molecule has 150 valence electrons. The summed E-state index contributed by atoms with van der Waals surface area (Å²) in [5.74, 6) is -1.71. The smallest absolute Gasteiger partial charge is 0.414 e. The van der Waals surface area contributed by atoms with Crippen molar-refractivity contribution in [1.29, 1.82) is 0 Å². The number of unbranched alkanes of at least 4 members (excludes halogenated alkanes) is 3. The van der Waals surface area contributed by atoms with Crippen molar-refractivity contribution >= 4 is 58.8 Å². The zero-order valence-electron chi connectivity index (χ0n) is 15.1. The summed E-state index contributed by atoms with van der Waals surface area (Å²) < 4.78 is 8.92. The molecular weight excluding hydrogens is 416 g/mol. The van der Waals surface area contributed by atoms with Crippen LogP contribution in [0.5, 0.6) is 0 Å². The number of carboxylic acids is 2.